The first-order valence-corrected chi connectivity index (χ1v) is 8.67. The number of benzene rings is 1. The Hall–Kier alpha value is -3.41. The Labute approximate surface area is 158 Å². The predicted octanol–water partition coefficient (Wildman–Crippen LogP) is 3.42. The average Bonchev–Trinajstić information content (AvgIpc) is 2.73. The number of nitrogens with zero attached hydrogens (tertiary/aromatic N) is 3. The number of hydrogen-bond donors (Lipinski definition) is 1. The molecule has 3 rings (SSSR count). The molecule has 6 nitrogen and oxygen atoms in total. The lowest BCUT2D eigenvalue weighted by molar-refractivity contribution is 0.102. The second-order valence-electron chi connectivity index (χ2n) is 6.11. The molecule has 0 atom stereocenters. The van der Waals surface area contributed by atoms with Crippen molar-refractivity contribution >= 4 is 17.4 Å². The van der Waals surface area contributed by atoms with E-state index < -0.39 is 0 Å². The Balaban J connectivity index is 1.63. The molecule has 0 saturated carbocycles. The predicted molar refractivity (Wildman–Crippen MR) is 106 cm³/mol. The van der Waals surface area contributed by atoms with Crippen molar-refractivity contribution in [1.29, 1.82) is 0 Å². The molecule has 0 aliphatic rings. The summed E-state index contributed by atoms with van der Waals surface area (Å²) in [5, 5.41) is 2.89. The highest BCUT2D eigenvalue weighted by atomic mass is 16.5. The van der Waals surface area contributed by atoms with Crippen LogP contribution in [0.4, 0.5) is 11.5 Å². The van der Waals surface area contributed by atoms with Gasteiger partial charge in [-0.25, -0.2) is 4.98 Å². The molecule has 0 aliphatic heterocycles. The van der Waals surface area contributed by atoms with Crippen LogP contribution in [0.25, 0.3) is 0 Å². The van der Waals surface area contributed by atoms with Gasteiger partial charge in [0.05, 0.1) is 7.11 Å². The molecule has 3 aromatic rings. The number of rotatable bonds is 7. The summed E-state index contributed by atoms with van der Waals surface area (Å²) in [4.78, 5) is 23.0. The van der Waals surface area contributed by atoms with Crippen molar-refractivity contribution in [2.45, 2.75) is 6.42 Å². The smallest absolute Gasteiger partial charge is 0.255 e. The molecule has 0 aliphatic carbocycles. The summed E-state index contributed by atoms with van der Waals surface area (Å²) < 4.78 is 5.13. The van der Waals surface area contributed by atoms with Crippen LogP contribution in [0.15, 0.2) is 67.1 Å². The third-order valence-electron chi connectivity index (χ3n) is 4.23. The Kier molecular flexibility index (Phi) is 5.99. The molecule has 27 heavy (non-hydrogen) atoms. The number of carbonyl (C=O) groups excluding carboxylic acids is 1. The average molecular weight is 362 g/mol. The Morgan fingerprint density at radius 3 is 2.52 bits per heavy atom. The maximum Gasteiger partial charge on any atom is 0.255 e. The zero-order valence-corrected chi connectivity index (χ0v) is 15.4. The SMILES string of the molecule is COc1ccc(NC(=O)c2ccnc(N(C)CCc3ccncc3)c2)cc1. The van der Waals surface area contributed by atoms with Crippen LogP contribution in [0.1, 0.15) is 15.9 Å². The number of nitrogens with one attached hydrogen (secondary N) is 1. The van der Waals surface area contributed by atoms with E-state index in [1.165, 1.54) is 5.56 Å². The summed E-state index contributed by atoms with van der Waals surface area (Å²) in [5.74, 6) is 1.33. The van der Waals surface area contributed by atoms with Crippen molar-refractivity contribution in [2.24, 2.45) is 0 Å². The molecule has 0 spiro atoms. The molecule has 0 bridgehead atoms. The van der Waals surface area contributed by atoms with E-state index in [2.05, 4.69) is 15.3 Å². The number of methoxy groups -OCH3 is 1. The van der Waals surface area contributed by atoms with E-state index >= 15 is 0 Å². The lowest BCUT2D eigenvalue weighted by atomic mass is 10.2. The molecule has 0 unspecified atom stereocenters. The van der Waals surface area contributed by atoms with E-state index in [1.54, 1.807) is 62.1 Å². The summed E-state index contributed by atoms with van der Waals surface area (Å²) in [7, 11) is 3.58. The summed E-state index contributed by atoms with van der Waals surface area (Å²) >= 11 is 0. The van der Waals surface area contributed by atoms with Crippen LogP contribution in [0, 0.1) is 0 Å². The third-order valence-corrected chi connectivity index (χ3v) is 4.23. The minimum Gasteiger partial charge on any atom is -0.497 e. The Bertz CT molecular complexity index is 882. The number of aromatic nitrogens is 2. The molecule has 2 heterocycles. The summed E-state index contributed by atoms with van der Waals surface area (Å²) in [6.07, 6.45) is 6.11. The zero-order chi connectivity index (χ0) is 19.1. The van der Waals surface area contributed by atoms with Gasteiger partial charge in [0.1, 0.15) is 11.6 Å². The van der Waals surface area contributed by atoms with Gasteiger partial charge in [-0.15, -0.1) is 0 Å². The number of anilines is 2. The molecule has 6 heteroatoms. The van der Waals surface area contributed by atoms with Gasteiger partial charge in [-0.2, -0.15) is 0 Å². The normalized spacial score (nSPS) is 10.3. The number of pyridine rings is 2. The standard InChI is InChI=1S/C21H22N4O2/c1-25(14-10-16-7-11-22-12-8-16)20-15-17(9-13-23-20)21(26)24-18-3-5-19(27-2)6-4-18/h3-9,11-13,15H,10,14H2,1-2H3,(H,24,26). The number of hydrogen-bond acceptors (Lipinski definition) is 5. The largest absolute Gasteiger partial charge is 0.497 e. The minimum absolute atomic E-state index is 0.175. The topological polar surface area (TPSA) is 67.3 Å². The van der Waals surface area contributed by atoms with Gasteiger partial charge < -0.3 is 15.0 Å². The number of likely N-dealkylation sites (N-methyl/N-ethyl adjacent to an activating group) is 1. The molecule has 138 valence electrons. The van der Waals surface area contributed by atoms with Crippen molar-refractivity contribution in [3.05, 3.63) is 78.2 Å². The van der Waals surface area contributed by atoms with Crippen molar-refractivity contribution in [1.82, 2.24) is 9.97 Å². The van der Waals surface area contributed by atoms with Crippen molar-refractivity contribution < 1.29 is 9.53 Å². The number of carbonyl (C=O) groups is 1. The van der Waals surface area contributed by atoms with Gasteiger partial charge in [0.25, 0.3) is 5.91 Å². The van der Waals surface area contributed by atoms with Gasteiger partial charge in [0, 0.05) is 43.4 Å². The van der Waals surface area contributed by atoms with E-state index in [0.717, 1.165) is 24.5 Å². The summed E-state index contributed by atoms with van der Waals surface area (Å²) in [5.41, 5.74) is 2.49. The fourth-order valence-electron chi connectivity index (χ4n) is 2.61. The van der Waals surface area contributed by atoms with Gasteiger partial charge in [-0.1, -0.05) is 0 Å². The first-order valence-electron chi connectivity index (χ1n) is 8.67. The Morgan fingerprint density at radius 2 is 1.81 bits per heavy atom. The van der Waals surface area contributed by atoms with Crippen LogP contribution in [0.2, 0.25) is 0 Å². The lowest BCUT2D eigenvalue weighted by Gasteiger charge is -2.18. The van der Waals surface area contributed by atoms with Crippen LogP contribution in [0.3, 0.4) is 0 Å². The molecule has 1 N–H and O–H groups in total. The van der Waals surface area contributed by atoms with Crippen LogP contribution in [-0.4, -0.2) is 36.6 Å². The minimum atomic E-state index is -0.175. The van der Waals surface area contributed by atoms with E-state index in [-0.39, 0.29) is 5.91 Å². The third kappa shape index (κ3) is 5.04. The lowest BCUT2D eigenvalue weighted by Crippen LogP contribution is -2.22. The van der Waals surface area contributed by atoms with Gasteiger partial charge in [-0.05, 0) is 60.5 Å². The van der Waals surface area contributed by atoms with Gasteiger partial charge in [-0.3, -0.25) is 9.78 Å². The second kappa shape index (κ2) is 8.80. The van der Waals surface area contributed by atoms with E-state index in [0.29, 0.717) is 11.3 Å². The highest BCUT2D eigenvalue weighted by Gasteiger charge is 2.10. The van der Waals surface area contributed by atoms with Gasteiger partial charge in [0.2, 0.25) is 0 Å². The maximum atomic E-state index is 12.5. The van der Waals surface area contributed by atoms with E-state index in [1.807, 2.05) is 24.1 Å². The van der Waals surface area contributed by atoms with Crippen molar-refractivity contribution in [2.75, 3.05) is 30.9 Å². The van der Waals surface area contributed by atoms with Crippen molar-refractivity contribution in [3.63, 3.8) is 0 Å². The van der Waals surface area contributed by atoms with Crippen LogP contribution in [0.5, 0.6) is 5.75 Å². The first kappa shape index (κ1) is 18.4. The molecule has 2 aromatic heterocycles. The van der Waals surface area contributed by atoms with Crippen LogP contribution >= 0.6 is 0 Å². The molecule has 1 aromatic carbocycles. The van der Waals surface area contributed by atoms with E-state index in [9.17, 15) is 4.79 Å². The number of amides is 1. The molecule has 0 radical (unpaired) electrons. The summed E-state index contributed by atoms with van der Waals surface area (Å²) in [6.45, 7) is 0.792. The fraction of sp³-hybridized carbons (Fsp3) is 0.190. The highest BCUT2D eigenvalue weighted by molar-refractivity contribution is 6.04. The van der Waals surface area contributed by atoms with Gasteiger partial charge in [0.15, 0.2) is 0 Å². The van der Waals surface area contributed by atoms with Crippen LogP contribution in [-0.2, 0) is 6.42 Å². The molecular formula is C21H22N4O2. The summed E-state index contributed by atoms with van der Waals surface area (Å²) in [6, 6.07) is 14.7. The molecule has 0 saturated heterocycles. The van der Waals surface area contributed by atoms with E-state index in [4.69, 9.17) is 4.74 Å². The fourth-order valence-corrected chi connectivity index (χ4v) is 2.61. The molecular weight excluding hydrogens is 340 g/mol. The number of ether oxygens (including phenoxy) is 1. The van der Waals surface area contributed by atoms with Crippen LogP contribution < -0.4 is 15.0 Å². The Morgan fingerprint density at radius 1 is 1.07 bits per heavy atom. The maximum absolute atomic E-state index is 12.5. The first-order chi connectivity index (χ1) is 13.2. The van der Waals surface area contributed by atoms with Gasteiger partial charge >= 0.3 is 0 Å². The quantitative estimate of drug-likeness (QED) is 0.698. The second-order valence-corrected chi connectivity index (χ2v) is 6.11. The highest BCUT2D eigenvalue weighted by Crippen LogP contribution is 2.17. The monoisotopic (exact) mass is 362 g/mol. The molecule has 1 amide bonds. The molecule has 0 fully saturated rings. The zero-order valence-electron chi connectivity index (χ0n) is 15.4. The van der Waals surface area contributed by atoms with Crippen molar-refractivity contribution in [3.8, 4) is 5.75 Å².